The van der Waals surface area contributed by atoms with Gasteiger partial charge < -0.3 is 24.6 Å². The lowest BCUT2D eigenvalue weighted by Crippen LogP contribution is -2.44. The maximum absolute atomic E-state index is 10.6. The van der Waals surface area contributed by atoms with E-state index in [9.17, 15) is 15.3 Å². The first kappa shape index (κ1) is 16.6. The van der Waals surface area contributed by atoms with Crippen molar-refractivity contribution in [1.29, 1.82) is 0 Å². The van der Waals surface area contributed by atoms with E-state index in [0.717, 1.165) is 0 Å². The molecule has 0 bridgehead atoms. The Kier molecular flexibility index (Phi) is 4.29. The maximum atomic E-state index is 10.6. The van der Waals surface area contributed by atoms with Gasteiger partial charge in [0.15, 0.2) is 12.0 Å². The van der Waals surface area contributed by atoms with Gasteiger partial charge in [0, 0.05) is 10.7 Å². The van der Waals surface area contributed by atoms with Gasteiger partial charge >= 0.3 is 0 Å². The number of fused-ring (bicyclic) bond motifs is 1. The Labute approximate surface area is 140 Å². The fourth-order valence-electron chi connectivity index (χ4n) is 2.78. The average molecular weight is 389 g/mol. The molecule has 0 spiro atoms. The van der Waals surface area contributed by atoms with Crippen LogP contribution >= 0.6 is 15.9 Å². The molecule has 3 rings (SSSR count). The molecule has 9 nitrogen and oxygen atoms in total. The molecule has 0 saturated carbocycles. The van der Waals surface area contributed by atoms with Crippen molar-refractivity contribution in [2.24, 2.45) is 0 Å². The summed E-state index contributed by atoms with van der Waals surface area (Å²) in [6, 6.07) is 0. The summed E-state index contributed by atoms with van der Waals surface area (Å²) in [6.45, 7) is 1.05. The highest BCUT2D eigenvalue weighted by molar-refractivity contribution is 9.10. The number of halogens is 1. The van der Waals surface area contributed by atoms with Gasteiger partial charge in [0.25, 0.3) is 0 Å². The Bertz CT molecular complexity index is 722. The SMILES string of the molecule is CONc1ncnc2c1c(Br)cn2C1OC(CO)C(O)C1(C)O. The van der Waals surface area contributed by atoms with E-state index in [1.54, 1.807) is 10.8 Å². The molecule has 4 N–H and O–H groups in total. The minimum atomic E-state index is -1.60. The standard InChI is InChI=1S/C13H17BrN4O5/c1-13(21)9(20)7(4-19)23-12(13)18-3-6(14)8-10(17-22-2)15-5-16-11(8)18/h3,5,7,9,12,19-21H,4H2,1-2H3,(H,15,16,17). The topological polar surface area (TPSA) is 122 Å². The van der Waals surface area contributed by atoms with E-state index in [4.69, 9.17) is 9.57 Å². The van der Waals surface area contributed by atoms with Gasteiger partial charge in [-0.1, -0.05) is 0 Å². The average Bonchev–Trinajstić information content (AvgIpc) is 2.96. The van der Waals surface area contributed by atoms with Crippen molar-refractivity contribution in [3.63, 3.8) is 0 Å². The number of aromatic nitrogens is 3. The molecule has 1 saturated heterocycles. The van der Waals surface area contributed by atoms with Crippen LogP contribution in [0.2, 0.25) is 0 Å². The van der Waals surface area contributed by atoms with Crippen LogP contribution in [0.3, 0.4) is 0 Å². The highest BCUT2D eigenvalue weighted by Crippen LogP contribution is 2.41. The summed E-state index contributed by atoms with van der Waals surface area (Å²) in [5.74, 6) is 0.444. The predicted octanol–water partition coefficient (Wildman–Crippen LogP) is 0.169. The first-order chi connectivity index (χ1) is 10.9. The zero-order valence-electron chi connectivity index (χ0n) is 12.5. The quantitative estimate of drug-likeness (QED) is 0.546. The summed E-state index contributed by atoms with van der Waals surface area (Å²) < 4.78 is 7.87. The number of ether oxygens (including phenoxy) is 1. The van der Waals surface area contributed by atoms with Crippen LogP contribution < -0.4 is 5.48 Å². The van der Waals surface area contributed by atoms with Crippen LogP contribution in [0.15, 0.2) is 17.0 Å². The van der Waals surface area contributed by atoms with Crippen LogP contribution in [-0.4, -0.2) is 61.4 Å². The fraction of sp³-hybridized carbons (Fsp3) is 0.538. The minimum absolute atomic E-state index is 0.403. The Morgan fingerprint density at radius 2 is 2.26 bits per heavy atom. The van der Waals surface area contributed by atoms with E-state index in [1.807, 2.05) is 0 Å². The third kappa shape index (κ3) is 2.51. The first-order valence-electron chi connectivity index (χ1n) is 6.88. The fourth-order valence-corrected chi connectivity index (χ4v) is 3.37. The third-order valence-corrected chi connectivity index (χ3v) is 4.55. The number of hydrogen-bond acceptors (Lipinski definition) is 8. The largest absolute Gasteiger partial charge is 0.394 e. The lowest BCUT2D eigenvalue weighted by molar-refractivity contribution is -0.0948. The zero-order valence-corrected chi connectivity index (χ0v) is 14.1. The van der Waals surface area contributed by atoms with Crippen LogP contribution in [-0.2, 0) is 9.57 Å². The van der Waals surface area contributed by atoms with Crippen molar-refractivity contribution in [3.05, 3.63) is 17.0 Å². The monoisotopic (exact) mass is 388 g/mol. The molecule has 3 heterocycles. The highest BCUT2D eigenvalue weighted by Gasteiger charge is 2.53. The molecular formula is C13H17BrN4O5. The molecule has 2 aromatic heterocycles. The van der Waals surface area contributed by atoms with Gasteiger partial charge in [-0.15, -0.1) is 0 Å². The van der Waals surface area contributed by atoms with Crippen molar-refractivity contribution in [2.75, 3.05) is 19.2 Å². The molecule has 10 heteroatoms. The summed E-state index contributed by atoms with van der Waals surface area (Å²) >= 11 is 3.43. The Morgan fingerprint density at radius 1 is 1.52 bits per heavy atom. The number of aliphatic hydroxyl groups is 3. The molecule has 0 radical (unpaired) electrons. The van der Waals surface area contributed by atoms with Gasteiger partial charge in [-0.25, -0.2) is 15.4 Å². The number of aliphatic hydroxyl groups excluding tert-OH is 2. The molecule has 4 atom stereocenters. The molecule has 2 aromatic rings. The van der Waals surface area contributed by atoms with Crippen molar-refractivity contribution >= 4 is 32.8 Å². The summed E-state index contributed by atoms with van der Waals surface area (Å²) in [7, 11) is 1.46. The minimum Gasteiger partial charge on any atom is -0.394 e. The van der Waals surface area contributed by atoms with Crippen LogP contribution in [0.1, 0.15) is 13.2 Å². The van der Waals surface area contributed by atoms with Crippen molar-refractivity contribution in [2.45, 2.75) is 31.0 Å². The second-order valence-corrected chi connectivity index (χ2v) is 6.35. The van der Waals surface area contributed by atoms with E-state index in [1.165, 1.54) is 20.4 Å². The molecule has 0 aromatic carbocycles. The van der Waals surface area contributed by atoms with E-state index in [-0.39, 0.29) is 0 Å². The summed E-state index contributed by atoms with van der Waals surface area (Å²) in [6.07, 6.45) is -0.0206. The van der Waals surface area contributed by atoms with Gasteiger partial charge in [0.1, 0.15) is 29.8 Å². The number of rotatable bonds is 4. The highest BCUT2D eigenvalue weighted by atomic mass is 79.9. The zero-order chi connectivity index (χ0) is 16.8. The second-order valence-electron chi connectivity index (χ2n) is 5.49. The summed E-state index contributed by atoms with van der Waals surface area (Å²) in [5, 5.41) is 30.7. The molecule has 23 heavy (non-hydrogen) atoms. The lowest BCUT2D eigenvalue weighted by atomic mass is 9.96. The van der Waals surface area contributed by atoms with Crippen molar-refractivity contribution < 1.29 is 24.9 Å². The van der Waals surface area contributed by atoms with Crippen LogP contribution in [0, 0.1) is 0 Å². The summed E-state index contributed by atoms with van der Waals surface area (Å²) in [4.78, 5) is 13.2. The molecule has 4 unspecified atom stereocenters. The number of anilines is 1. The van der Waals surface area contributed by atoms with E-state index >= 15 is 0 Å². The Morgan fingerprint density at radius 3 is 2.87 bits per heavy atom. The molecule has 0 amide bonds. The normalized spacial score (nSPS) is 31.0. The molecule has 126 valence electrons. The van der Waals surface area contributed by atoms with Gasteiger partial charge in [-0.05, 0) is 22.9 Å². The van der Waals surface area contributed by atoms with Crippen LogP contribution in [0.5, 0.6) is 0 Å². The van der Waals surface area contributed by atoms with Crippen molar-refractivity contribution in [3.8, 4) is 0 Å². The maximum Gasteiger partial charge on any atom is 0.167 e. The van der Waals surface area contributed by atoms with Crippen molar-refractivity contribution in [1.82, 2.24) is 14.5 Å². The Balaban J connectivity index is 2.13. The van der Waals surface area contributed by atoms with Crippen LogP contribution in [0.4, 0.5) is 5.82 Å². The van der Waals surface area contributed by atoms with Crippen LogP contribution in [0.25, 0.3) is 11.0 Å². The number of nitrogens with zero attached hydrogens (tertiary/aromatic N) is 3. The first-order valence-corrected chi connectivity index (χ1v) is 7.68. The van der Waals surface area contributed by atoms with Gasteiger partial charge in [0.2, 0.25) is 0 Å². The van der Waals surface area contributed by atoms with Gasteiger partial charge in [-0.2, -0.15) is 0 Å². The van der Waals surface area contributed by atoms with E-state index < -0.39 is 30.6 Å². The Hall–Kier alpha value is -1.30. The smallest absolute Gasteiger partial charge is 0.167 e. The molecule has 1 aliphatic rings. The lowest BCUT2D eigenvalue weighted by Gasteiger charge is -2.27. The molecule has 1 fully saturated rings. The summed E-state index contributed by atoms with van der Waals surface area (Å²) in [5.41, 5.74) is 1.53. The number of nitrogens with one attached hydrogen (secondary N) is 1. The molecule has 1 aliphatic heterocycles. The van der Waals surface area contributed by atoms with Gasteiger partial charge in [0.05, 0.1) is 19.1 Å². The molecule has 0 aliphatic carbocycles. The molecular weight excluding hydrogens is 372 g/mol. The van der Waals surface area contributed by atoms with E-state index in [0.29, 0.717) is 21.3 Å². The second kappa shape index (κ2) is 5.96. The predicted molar refractivity (Wildman–Crippen MR) is 83.5 cm³/mol. The number of hydrogen-bond donors (Lipinski definition) is 4. The van der Waals surface area contributed by atoms with E-state index in [2.05, 4.69) is 31.4 Å². The van der Waals surface area contributed by atoms with Gasteiger partial charge in [-0.3, -0.25) is 4.84 Å². The third-order valence-electron chi connectivity index (χ3n) is 3.95.